The molecule has 1 saturated carbocycles. The van der Waals surface area contributed by atoms with Crippen molar-refractivity contribution < 1.29 is 9.53 Å². The first-order chi connectivity index (χ1) is 9.76. The Hall–Kier alpha value is -1.35. The summed E-state index contributed by atoms with van der Waals surface area (Å²) >= 11 is 0. The van der Waals surface area contributed by atoms with E-state index in [1.54, 1.807) is 0 Å². The minimum absolute atomic E-state index is 0.108. The van der Waals surface area contributed by atoms with Gasteiger partial charge in [-0.3, -0.25) is 4.79 Å². The molecule has 0 heterocycles. The highest BCUT2D eigenvalue weighted by atomic mass is 16.5. The molecule has 2 unspecified atom stereocenters. The van der Waals surface area contributed by atoms with Crippen molar-refractivity contribution in [3.05, 3.63) is 29.8 Å². The molecular weight excluding hydrogens is 250 g/mol. The van der Waals surface area contributed by atoms with E-state index < -0.39 is 0 Å². The summed E-state index contributed by atoms with van der Waals surface area (Å²) < 4.78 is 5.55. The maximum absolute atomic E-state index is 12.6. The molecule has 20 heavy (non-hydrogen) atoms. The fourth-order valence-corrected chi connectivity index (χ4v) is 2.98. The van der Waals surface area contributed by atoms with E-state index in [4.69, 9.17) is 10.5 Å². The van der Waals surface area contributed by atoms with E-state index in [1.165, 1.54) is 6.42 Å². The normalized spacial score (nSPS) is 22.5. The maximum atomic E-state index is 12.6. The van der Waals surface area contributed by atoms with Crippen LogP contribution in [0.4, 0.5) is 0 Å². The Bertz CT molecular complexity index is 427. The fourth-order valence-electron chi connectivity index (χ4n) is 2.98. The van der Waals surface area contributed by atoms with Gasteiger partial charge in [0.1, 0.15) is 5.75 Å². The zero-order valence-electron chi connectivity index (χ0n) is 12.3. The largest absolute Gasteiger partial charge is 0.494 e. The fraction of sp³-hybridized carbons (Fsp3) is 0.588. The summed E-state index contributed by atoms with van der Waals surface area (Å²) in [6.07, 6.45) is 5.40. The van der Waals surface area contributed by atoms with Crippen molar-refractivity contribution in [1.29, 1.82) is 0 Å². The molecule has 2 rings (SSSR count). The molecule has 1 aliphatic carbocycles. The van der Waals surface area contributed by atoms with Crippen molar-refractivity contribution in [2.75, 3.05) is 13.2 Å². The van der Waals surface area contributed by atoms with Gasteiger partial charge in [0.15, 0.2) is 5.78 Å². The number of carbonyl (C=O) groups excluding carboxylic acids is 1. The maximum Gasteiger partial charge on any atom is 0.166 e. The Morgan fingerprint density at radius 1 is 1.25 bits per heavy atom. The van der Waals surface area contributed by atoms with Crippen LogP contribution in [0.15, 0.2) is 24.3 Å². The Labute approximate surface area is 121 Å². The molecule has 1 fully saturated rings. The van der Waals surface area contributed by atoms with Crippen LogP contribution >= 0.6 is 0 Å². The van der Waals surface area contributed by atoms with Gasteiger partial charge in [0.2, 0.25) is 0 Å². The van der Waals surface area contributed by atoms with Crippen LogP contribution in [-0.2, 0) is 0 Å². The quantitative estimate of drug-likeness (QED) is 0.809. The number of nitrogens with two attached hydrogens (primary N) is 1. The molecule has 0 aliphatic heterocycles. The topological polar surface area (TPSA) is 52.3 Å². The molecule has 0 spiro atoms. The number of Topliss-reactive ketones (excluding diaryl/α,β-unsaturated/α-hetero) is 1. The van der Waals surface area contributed by atoms with Gasteiger partial charge in [0, 0.05) is 11.5 Å². The van der Waals surface area contributed by atoms with Crippen molar-refractivity contribution in [3.8, 4) is 5.75 Å². The predicted molar refractivity (Wildman–Crippen MR) is 81.1 cm³/mol. The highest BCUT2D eigenvalue weighted by Crippen LogP contribution is 2.32. The SMILES string of the molecule is CCCOc1ccc(C(=O)C2CCCCC2CN)cc1. The molecule has 0 saturated heterocycles. The molecule has 0 radical (unpaired) electrons. The van der Waals surface area contributed by atoms with Crippen molar-refractivity contribution in [1.82, 2.24) is 0 Å². The molecule has 2 atom stereocenters. The number of rotatable bonds is 6. The van der Waals surface area contributed by atoms with Crippen molar-refractivity contribution in [2.24, 2.45) is 17.6 Å². The van der Waals surface area contributed by atoms with E-state index in [2.05, 4.69) is 6.92 Å². The third-order valence-corrected chi connectivity index (χ3v) is 4.16. The minimum Gasteiger partial charge on any atom is -0.494 e. The monoisotopic (exact) mass is 275 g/mol. The van der Waals surface area contributed by atoms with Gasteiger partial charge in [-0.25, -0.2) is 0 Å². The van der Waals surface area contributed by atoms with Crippen LogP contribution in [-0.4, -0.2) is 18.9 Å². The molecule has 3 heteroatoms. The first-order valence-electron chi connectivity index (χ1n) is 7.73. The smallest absolute Gasteiger partial charge is 0.166 e. The average Bonchev–Trinajstić information content (AvgIpc) is 2.52. The molecule has 3 nitrogen and oxygen atoms in total. The Kier molecular flexibility index (Phi) is 5.60. The third-order valence-electron chi connectivity index (χ3n) is 4.16. The highest BCUT2D eigenvalue weighted by Gasteiger charge is 2.30. The summed E-state index contributed by atoms with van der Waals surface area (Å²) in [6.45, 7) is 3.41. The number of carbonyl (C=O) groups is 1. The van der Waals surface area contributed by atoms with E-state index in [0.29, 0.717) is 19.1 Å². The Balaban J connectivity index is 2.04. The first-order valence-corrected chi connectivity index (χ1v) is 7.73. The molecular formula is C17H25NO2. The second-order valence-electron chi connectivity index (χ2n) is 5.62. The second kappa shape index (κ2) is 7.44. The van der Waals surface area contributed by atoms with E-state index in [0.717, 1.165) is 37.0 Å². The average molecular weight is 275 g/mol. The van der Waals surface area contributed by atoms with Crippen LogP contribution in [0.25, 0.3) is 0 Å². The lowest BCUT2D eigenvalue weighted by Crippen LogP contribution is -2.32. The molecule has 1 aromatic carbocycles. The summed E-state index contributed by atoms with van der Waals surface area (Å²) in [5.74, 6) is 1.55. The van der Waals surface area contributed by atoms with Crippen LogP contribution in [0.3, 0.4) is 0 Å². The van der Waals surface area contributed by atoms with Crippen molar-refractivity contribution in [3.63, 3.8) is 0 Å². The Morgan fingerprint density at radius 2 is 1.95 bits per heavy atom. The van der Waals surface area contributed by atoms with Crippen molar-refractivity contribution >= 4 is 5.78 Å². The molecule has 0 bridgehead atoms. The molecule has 0 aromatic heterocycles. The van der Waals surface area contributed by atoms with Crippen LogP contribution in [0, 0.1) is 11.8 Å². The van der Waals surface area contributed by atoms with Gasteiger partial charge in [-0.2, -0.15) is 0 Å². The number of hydrogen-bond donors (Lipinski definition) is 1. The number of benzene rings is 1. The molecule has 0 amide bonds. The summed E-state index contributed by atoms with van der Waals surface area (Å²) in [5, 5.41) is 0. The van der Waals surface area contributed by atoms with Gasteiger partial charge in [-0.05, 0) is 56.0 Å². The predicted octanol–water partition coefficient (Wildman–Crippen LogP) is 3.42. The summed E-state index contributed by atoms with van der Waals surface area (Å²) in [6, 6.07) is 7.55. The summed E-state index contributed by atoms with van der Waals surface area (Å²) in [7, 11) is 0. The lowest BCUT2D eigenvalue weighted by atomic mass is 9.75. The van der Waals surface area contributed by atoms with Gasteiger partial charge in [0.25, 0.3) is 0 Å². The molecule has 1 aliphatic rings. The first kappa shape index (κ1) is 15.0. The van der Waals surface area contributed by atoms with Crippen LogP contribution in [0.1, 0.15) is 49.4 Å². The van der Waals surface area contributed by atoms with E-state index in [1.807, 2.05) is 24.3 Å². The Morgan fingerprint density at radius 3 is 2.60 bits per heavy atom. The standard InChI is InChI=1S/C17H25NO2/c1-2-11-20-15-9-7-13(8-10-15)17(19)16-6-4-3-5-14(16)12-18/h7-10,14,16H,2-6,11-12,18H2,1H3. The molecule has 2 N–H and O–H groups in total. The second-order valence-corrected chi connectivity index (χ2v) is 5.62. The summed E-state index contributed by atoms with van der Waals surface area (Å²) in [4.78, 5) is 12.6. The molecule has 110 valence electrons. The van der Waals surface area contributed by atoms with Gasteiger partial charge in [-0.1, -0.05) is 19.8 Å². The van der Waals surface area contributed by atoms with Crippen LogP contribution in [0.2, 0.25) is 0 Å². The van der Waals surface area contributed by atoms with Gasteiger partial charge in [-0.15, -0.1) is 0 Å². The number of hydrogen-bond acceptors (Lipinski definition) is 3. The van der Waals surface area contributed by atoms with E-state index >= 15 is 0 Å². The minimum atomic E-state index is 0.108. The van der Waals surface area contributed by atoms with Crippen LogP contribution < -0.4 is 10.5 Å². The highest BCUT2D eigenvalue weighted by molar-refractivity contribution is 5.98. The zero-order valence-corrected chi connectivity index (χ0v) is 12.3. The summed E-state index contributed by atoms with van der Waals surface area (Å²) in [5.41, 5.74) is 6.61. The van der Waals surface area contributed by atoms with Crippen molar-refractivity contribution in [2.45, 2.75) is 39.0 Å². The third kappa shape index (κ3) is 3.60. The lowest BCUT2D eigenvalue weighted by molar-refractivity contribution is 0.0829. The lowest BCUT2D eigenvalue weighted by Gasteiger charge is -2.29. The van der Waals surface area contributed by atoms with Gasteiger partial charge >= 0.3 is 0 Å². The van der Waals surface area contributed by atoms with E-state index in [9.17, 15) is 4.79 Å². The number of ether oxygens (including phenoxy) is 1. The van der Waals surface area contributed by atoms with Gasteiger partial charge < -0.3 is 10.5 Å². The zero-order chi connectivity index (χ0) is 14.4. The molecule has 1 aromatic rings. The van der Waals surface area contributed by atoms with Gasteiger partial charge in [0.05, 0.1) is 6.61 Å². The van der Waals surface area contributed by atoms with Crippen LogP contribution in [0.5, 0.6) is 5.75 Å². The number of ketones is 1. The van der Waals surface area contributed by atoms with E-state index in [-0.39, 0.29) is 11.7 Å².